The molecular formula is C13H14ClFN4. The van der Waals surface area contributed by atoms with Gasteiger partial charge < -0.3 is 10.6 Å². The molecule has 0 saturated heterocycles. The molecule has 6 heteroatoms. The Bertz CT molecular complexity index is 562. The largest absolute Gasteiger partial charge is 0.369 e. The van der Waals surface area contributed by atoms with Gasteiger partial charge in [0.25, 0.3) is 0 Å². The minimum atomic E-state index is -0.375. The molecule has 19 heavy (non-hydrogen) atoms. The van der Waals surface area contributed by atoms with Gasteiger partial charge in [0.1, 0.15) is 11.6 Å². The van der Waals surface area contributed by atoms with Crippen LogP contribution in [0.1, 0.15) is 13.3 Å². The van der Waals surface area contributed by atoms with Gasteiger partial charge in [-0.25, -0.2) is 9.37 Å². The van der Waals surface area contributed by atoms with E-state index in [1.165, 1.54) is 12.1 Å². The summed E-state index contributed by atoms with van der Waals surface area (Å²) < 4.78 is 12.9. The van der Waals surface area contributed by atoms with Gasteiger partial charge in [-0.1, -0.05) is 18.5 Å². The minimum Gasteiger partial charge on any atom is -0.369 e. The van der Waals surface area contributed by atoms with Crippen molar-refractivity contribution in [2.45, 2.75) is 13.3 Å². The number of rotatable bonds is 5. The first-order valence-electron chi connectivity index (χ1n) is 5.97. The summed E-state index contributed by atoms with van der Waals surface area (Å²) in [6, 6.07) is 4.14. The maximum atomic E-state index is 12.9. The third kappa shape index (κ3) is 3.79. The fraction of sp³-hybridized carbons (Fsp3) is 0.231. The highest BCUT2D eigenvalue weighted by atomic mass is 35.5. The molecule has 1 heterocycles. The minimum absolute atomic E-state index is 0.300. The van der Waals surface area contributed by atoms with Crippen LogP contribution in [-0.4, -0.2) is 16.5 Å². The van der Waals surface area contributed by atoms with Crippen LogP contribution in [0.25, 0.3) is 0 Å². The summed E-state index contributed by atoms with van der Waals surface area (Å²) in [6.45, 7) is 2.90. The fourth-order valence-corrected chi connectivity index (χ4v) is 1.71. The van der Waals surface area contributed by atoms with Crippen molar-refractivity contribution in [3.63, 3.8) is 0 Å². The Labute approximate surface area is 116 Å². The quantitative estimate of drug-likeness (QED) is 0.874. The lowest BCUT2D eigenvalue weighted by Crippen LogP contribution is -2.04. The Morgan fingerprint density at radius 2 is 2.05 bits per heavy atom. The summed E-state index contributed by atoms with van der Waals surface area (Å²) in [5.41, 5.74) is 0.588. The van der Waals surface area contributed by atoms with Crippen molar-refractivity contribution in [3.05, 3.63) is 41.4 Å². The van der Waals surface area contributed by atoms with Gasteiger partial charge in [-0.3, -0.25) is 4.98 Å². The van der Waals surface area contributed by atoms with Crippen LogP contribution in [0.3, 0.4) is 0 Å². The highest BCUT2D eigenvalue weighted by molar-refractivity contribution is 6.33. The number of nitrogens with zero attached hydrogens (tertiary/aromatic N) is 2. The highest BCUT2D eigenvalue weighted by Gasteiger charge is 2.04. The van der Waals surface area contributed by atoms with E-state index < -0.39 is 0 Å². The summed E-state index contributed by atoms with van der Waals surface area (Å²) in [4.78, 5) is 8.41. The summed E-state index contributed by atoms with van der Waals surface area (Å²) in [5, 5.41) is 6.44. The summed E-state index contributed by atoms with van der Waals surface area (Å²) in [5.74, 6) is 0.861. The highest BCUT2D eigenvalue weighted by Crippen LogP contribution is 2.25. The smallest absolute Gasteiger partial charge is 0.151 e. The molecule has 0 bridgehead atoms. The van der Waals surface area contributed by atoms with Gasteiger partial charge in [0, 0.05) is 6.54 Å². The molecule has 2 N–H and O–H groups in total. The first-order valence-corrected chi connectivity index (χ1v) is 6.35. The molecule has 0 saturated carbocycles. The Morgan fingerprint density at radius 3 is 2.79 bits per heavy atom. The predicted octanol–water partition coefficient (Wildman–Crippen LogP) is 3.83. The van der Waals surface area contributed by atoms with E-state index in [1.54, 1.807) is 18.5 Å². The Hall–Kier alpha value is -1.88. The van der Waals surface area contributed by atoms with Crippen molar-refractivity contribution in [3.8, 4) is 0 Å². The Kier molecular flexibility index (Phi) is 4.52. The number of nitrogens with one attached hydrogen (secondary N) is 2. The zero-order valence-corrected chi connectivity index (χ0v) is 11.2. The van der Waals surface area contributed by atoms with Crippen LogP contribution in [0.5, 0.6) is 0 Å². The second-order valence-electron chi connectivity index (χ2n) is 3.97. The predicted molar refractivity (Wildman–Crippen MR) is 75.5 cm³/mol. The zero-order chi connectivity index (χ0) is 13.7. The molecular weight excluding hydrogens is 267 g/mol. The molecule has 100 valence electrons. The molecule has 4 nitrogen and oxygen atoms in total. The fourth-order valence-electron chi connectivity index (χ4n) is 1.49. The van der Waals surface area contributed by atoms with Gasteiger partial charge in [-0.2, -0.15) is 0 Å². The molecule has 0 radical (unpaired) electrons. The average molecular weight is 281 g/mol. The van der Waals surface area contributed by atoms with E-state index in [4.69, 9.17) is 11.6 Å². The van der Waals surface area contributed by atoms with Crippen LogP contribution in [0.4, 0.5) is 21.7 Å². The maximum Gasteiger partial charge on any atom is 0.151 e. The van der Waals surface area contributed by atoms with Gasteiger partial charge >= 0.3 is 0 Å². The van der Waals surface area contributed by atoms with Gasteiger partial charge in [0.2, 0.25) is 0 Å². The number of anilines is 3. The van der Waals surface area contributed by atoms with Gasteiger partial charge in [-0.15, -0.1) is 0 Å². The lowest BCUT2D eigenvalue weighted by molar-refractivity contribution is 0.628. The molecule has 1 aromatic carbocycles. The van der Waals surface area contributed by atoms with E-state index in [-0.39, 0.29) is 5.82 Å². The van der Waals surface area contributed by atoms with Crippen LogP contribution in [0.2, 0.25) is 5.02 Å². The van der Waals surface area contributed by atoms with Gasteiger partial charge in [-0.05, 0) is 24.6 Å². The SMILES string of the molecule is CCCNc1cncc(Nc2ccc(F)cc2Cl)n1. The molecule has 0 atom stereocenters. The number of halogens is 2. The van der Waals surface area contributed by atoms with Crippen molar-refractivity contribution in [1.82, 2.24) is 9.97 Å². The number of hydrogen-bond donors (Lipinski definition) is 2. The summed E-state index contributed by atoms with van der Waals surface area (Å²) in [6.07, 6.45) is 4.23. The monoisotopic (exact) mass is 280 g/mol. The third-order valence-electron chi connectivity index (χ3n) is 2.38. The Morgan fingerprint density at radius 1 is 1.26 bits per heavy atom. The first kappa shape index (κ1) is 13.5. The van der Waals surface area contributed by atoms with Gasteiger partial charge in [0.05, 0.1) is 23.1 Å². The Balaban J connectivity index is 2.14. The van der Waals surface area contributed by atoms with E-state index in [0.717, 1.165) is 13.0 Å². The lowest BCUT2D eigenvalue weighted by atomic mass is 10.3. The molecule has 0 amide bonds. The average Bonchev–Trinajstić information content (AvgIpc) is 2.40. The number of benzene rings is 1. The van der Waals surface area contributed by atoms with Crippen molar-refractivity contribution >= 4 is 28.9 Å². The molecule has 2 rings (SSSR count). The van der Waals surface area contributed by atoms with E-state index in [0.29, 0.717) is 22.3 Å². The standard InChI is InChI=1S/C13H14ClFN4/c1-2-5-17-12-7-16-8-13(19-12)18-11-4-3-9(15)6-10(11)14/h3-4,6-8H,2,5H2,1H3,(H2,17,18,19). The molecule has 0 aliphatic carbocycles. The van der Waals surface area contributed by atoms with Crippen LogP contribution < -0.4 is 10.6 Å². The van der Waals surface area contributed by atoms with E-state index >= 15 is 0 Å². The molecule has 0 fully saturated rings. The van der Waals surface area contributed by atoms with Crippen LogP contribution in [0.15, 0.2) is 30.6 Å². The van der Waals surface area contributed by atoms with E-state index in [9.17, 15) is 4.39 Å². The molecule has 1 aromatic heterocycles. The van der Waals surface area contributed by atoms with Crippen molar-refractivity contribution in [2.24, 2.45) is 0 Å². The van der Waals surface area contributed by atoms with Crippen molar-refractivity contribution in [1.29, 1.82) is 0 Å². The molecule has 0 spiro atoms. The zero-order valence-electron chi connectivity index (χ0n) is 10.5. The van der Waals surface area contributed by atoms with Crippen molar-refractivity contribution in [2.75, 3.05) is 17.2 Å². The normalized spacial score (nSPS) is 10.3. The number of hydrogen-bond acceptors (Lipinski definition) is 4. The van der Waals surface area contributed by atoms with Crippen molar-refractivity contribution < 1.29 is 4.39 Å². The molecule has 2 aromatic rings. The van der Waals surface area contributed by atoms with Crippen LogP contribution in [0, 0.1) is 5.82 Å². The van der Waals surface area contributed by atoms with E-state index in [2.05, 4.69) is 27.5 Å². The molecule has 0 aliphatic rings. The second kappa shape index (κ2) is 6.33. The first-order chi connectivity index (χ1) is 9.19. The van der Waals surface area contributed by atoms with Crippen LogP contribution >= 0.6 is 11.6 Å². The second-order valence-corrected chi connectivity index (χ2v) is 4.37. The number of aromatic nitrogens is 2. The lowest BCUT2D eigenvalue weighted by Gasteiger charge is -2.09. The van der Waals surface area contributed by atoms with Crippen LogP contribution in [-0.2, 0) is 0 Å². The topological polar surface area (TPSA) is 49.8 Å². The summed E-state index contributed by atoms with van der Waals surface area (Å²) >= 11 is 5.94. The molecule has 0 aliphatic heterocycles. The molecule has 0 unspecified atom stereocenters. The maximum absolute atomic E-state index is 12.9. The van der Waals surface area contributed by atoms with Gasteiger partial charge in [0.15, 0.2) is 5.82 Å². The van der Waals surface area contributed by atoms with E-state index in [1.807, 2.05) is 0 Å². The third-order valence-corrected chi connectivity index (χ3v) is 2.70. The summed E-state index contributed by atoms with van der Waals surface area (Å²) in [7, 11) is 0.